The first kappa shape index (κ1) is 14.8. The summed E-state index contributed by atoms with van der Waals surface area (Å²) in [6.07, 6.45) is -2.83. The summed E-state index contributed by atoms with van der Waals surface area (Å²) in [5.41, 5.74) is -1.99. The second kappa shape index (κ2) is 5.57. The summed E-state index contributed by atoms with van der Waals surface area (Å²) >= 11 is 0. The molecule has 21 heavy (non-hydrogen) atoms. The van der Waals surface area contributed by atoms with Gasteiger partial charge in [-0.1, -0.05) is 5.16 Å². The third kappa shape index (κ3) is 2.66. The summed E-state index contributed by atoms with van der Waals surface area (Å²) in [5.74, 6) is -0.0454. The monoisotopic (exact) mass is 305 g/mol. The second-order valence-corrected chi connectivity index (χ2v) is 5.70. The molecule has 1 atom stereocenters. The number of hydrogen-bond donors (Lipinski definition) is 1. The van der Waals surface area contributed by atoms with E-state index in [1.165, 1.54) is 0 Å². The van der Waals surface area contributed by atoms with E-state index in [2.05, 4.69) is 15.5 Å². The minimum atomic E-state index is -4.38. The lowest BCUT2D eigenvalue weighted by atomic mass is 9.77. The van der Waals surface area contributed by atoms with E-state index in [9.17, 15) is 13.2 Å². The van der Waals surface area contributed by atoms with Crippen LogP contribution in [0.4, 0.5) is 13.2 Å². The van der Waals surface area contributed by atoms with E-state index in [4.69, 9.17) is 9.26 Å². The Bertz CT molecular complexity index is 477. The molecule has 2 fully saturated rings. The van der Waals surface area contributed by atoms with E-state index in [0.29, 0.717) is 26.3 Å². The summed E-state index contributed by atoms with van der Waals surface area (Å²) in [6, 6.07) is 0. The highest BCUT2D eigenvalue weighted by atomic mass is 19.4. The highest BCUT2D eigenvalue weighted by Gasteiger charge is 2.59. The summed E-state index contributed by atoms with van der Waals surface area (Å²) in [4.78, 5) is 4.09. The maximum atomic E-state index is 13.6. The Morgan fingerprint density at radius 3 is 2.62 bits per heavy atom. The lowest BCUT2D eigenvalue weighted by Crippen LogP contribution is -2.50. The Morgan fingerprint density at radius 1 is 1.24 bits per heavy atom. The zero-order valence-corrected chi connectivity index (χ0v) is 11.6. The van der Waals surface area contributed by atoms with Crippen molar-refractivity contribution in [3.63, 3.8) is 0 Å². The molecule has 0 saturated carbocycles. The number of ether oxygens (including phenoxy) is 1. The largest absolute Gasteiger partial charge is 0.401 e. The predicted octanol–water partition coefficient (Wildman–Crippen LogP) is 2.15. The molecular weight excluding hydrogens is 287 g/mol. The van der Waals surface area contributed by atoms with Crippen LogP contribution < -0.4 is 5.32 Å². The van der Waals surface area contributed by atoms with Crippen molar-refractivity contribution in [3.05, 3.63) is 11.7 Å². The van der Waals surface area contributed by atoms with Gasteiger partial charge in [0.2, 0.25) is 5.89 Å². The smallest absolute Gasteiger partial charge is 0.381 e. The van der Waals surface area contributed by atoms with Crippen molar-refractivity contribution in [2.45, 2.75) is 43.2 Å². The van der Waals surface area contributed by atoms with Crippen LogP contribution in [-0.4, -0.2) is 42.6 Å². The summed E-state index contributed by atoms with van der Waals surface area (Å²) < 4.78 is 51.1. The second-order valence-electron chi connectivity index (χ2n) is 5.70. The molecule has 2 aliphatic rings. The lowest BCUT2D eigenvalue weighted by Gasteiger charge is -2.36. The molecule has 0 aliphatic carbocycles. The first-order valence-corrected chi connectivity index (χ1v) is 7.22. The molecule has 0 aromatic carbocycles. The minimum absolute atomic E-state index is 0.0589. The summed E-state index contributed by atoms with van der Waals surface area (Å²) in [5, 5.41) is 6.61. The summed E-state index contributed by atoms with van der Waals surface area (Å²) in [6.45, 7) is 1.71. The van der Waals surface area contributed by atoms with Crippen LogP contribution >= 0.6 is 0 Å². The Labute approximate surface area is 120 Å². The van der Waals surface area contributed by atoms with Crippen LogP contribution in [0.15, 0.2) is 4.52 Å². The summed E-state index contributed by atoms with van der Waals surface area (Å²) in [7, 11) is 0. The van der Waals surface area contributed by atoms with Crippen molar-refractivity contribution in [1.29, 1.82) is 0 Å². The van der Waals surface area contributed by atoms with Gasteiger partial charge in [-0.2, -0.15) is 18.2 Å². The Balaban J connectivity index is 1.88. The van der Waals surface area contributed by atoms with E-state index in [1.807, 2.05) is 0 Å². The number of hydrogen-bond acceptors (Lipinski definition) is 5. The number of aromatic nitrogens is 2. The van der Waals surface area contributed by atoms with E-state index in [-0.39, 0.29) is 30.5 Å². The highest BCUT2D eigenvalue weighted by molar-refractivity contribution is 5.14. The molecule has 0 amide bonds. The standard InChI is InChI=1S/C13H18F3N3O2/c14-13(15,16)12(3-5-17-6-4-12)11-18-10(21-19-11)9-2-1-7-20-8-9/h9,17H,1-8H2. The molecule has 1 aromatic rings. The van der Waals surface area contributed by atoms with Gasteiger partial charge < -0.3 is 14.6 Å². The molecule has 1 N–H and O–H groups in total. The fourth-order valence-electron chi connectivity index (χ4n) is 3.02. The molecule has 2 saturated heterocycles. The average molecular weight is 305 g/mol. The maximum absolute atomic E-state index is 13.6. The molecule has 1 unspecified atom stereocenters. The normalized spacial score (nSPS) is 26.7. The molecule has 0 bridgehead atoms. The van der Waals surface area contributed by atoms with Crippen LogP contribution in [0.25, 0.3) is 0 Å². The zero-order chi connectivity index (χ0) is 14.9. The van der Waals surface area contributed by atoms with Crippen LogP contribution in [-0.2, 0) is 10.2 Å². The van der Waals surface area contributed by atoms with E-state index >= 15 is 0 Å². The fourth-order valence-corrected chi connectivity index (χ4v) is 3.02. The van der Waals surface area contributed by atoms with Crippen molar-refractivity contribution in [3.8, 4) is 0 Å². The van der Waals surface area contributed by atoms with Gasteiger partial charge in [0.1, 0.15) is 5.41 Å². The SMILES string of the molecule is FC(F)(F)C1(c2noc(C3CCCOC3)n2)CCNCC1. The van der Waals surface area contributed by atoms with Gasteiger partial charge in [-0.25, -0.2) is 0 Å². The van der Waals surface area contributed by atoms with Gasteiger partial charge >= 0.3 is 6.18 Å². The van der Waals surface area contributed by atoms with Gasteiger partial charge in [0.15, 0.2) is 5.82 Å². The highest BCUT2D eigenvalue weighted by Crippen LogP contribution is 2.46. The quantitative estimate of drug-likeness (QED) is 0.907. The van der Waals surface area contributed by atoms with Gasteiger partial charge in [0.25, 0.3) is 0 Å². The van der Waals surface area contributed by atoms with Crippen molar-refractivity contribution in [1.82, 2.24) is 15.5 Å². The van der Waals surface area contributed by atoms with E-state index in [1.54, 1.807) is 0 Å². The van der Waals surface area contributed by atoms with Crippen molar-refractivity contribution in [2.24, 2.45) is 0 Å². The van der Waals surface area contributed by atoms with Gasteiger partial charge in [-0.3, -0.25) is 0 Å². The molecule has 3 rings (SSSR count). The molecule has 5 nitrogen and oxygen atoms in total. The van der Waals surface area contributed by atoms with Crippen molar-refractivity contribution >= 4 is 0 Å². The Hall–Kier alpha value is -1.15. The number of alkyl halides is 3. The molecule has 2 aliphatic heterocycles. The maximum Gasteiger partial charge on any atom is 0.401 e. The topological polar surface area (TPSA) is 60.2 Å². The van der Waals surface area contributed by atoms with Crippen molar-refractivity contribution < 1.29 is 22.4 Å². The molecule has 8 heteroatoms. The first-order chi connectivity index (χ1) is 10.0. The third-order valence-corrected chi connectivity index (χ3v) is 4.38. The third-order valence-electron chi connectivity index (χ3n) is 4.38. The number of halogens is 3. The van der Waals surface area contributed by atoms with Gasteiger partial charge in [-0.05, 0) is 38.8 Å². The van der Waals surface area contributed by atoms with Gasteiger partial charge in [-0.15, -0.1) is 0 Å². The molecular formula is C13H18F3N3O2. The van der Waals surface area contributed by atoms with E-state index in [0.717, 1.165) is 12.8 Å². The van der Waals surface area contributed by atoms with Crippen LogP contribution in [0.2, 0.25) is 0 Å². The number of nitrogens with one attached hydrogen (secondary N) is 1. The van der Waals surface area contributed by atoms with Crippen LogP contribution in [0.1, 0.15) is 43.3 Å². The molecule has 3 heterocycles. The van der Waals surface area contributed by atoms with Gasteiger partial charge in [0, 0.05) is 6.61 Å². The van der Waals surface area contributed by atoms with Crippen LogP contribution in [0, 0.1) is 0 Å². The fraction of sp³-hybridized carbons (Fsp3) is 0.846. The molecule has 0 spiro atoms. The minimum Gasteiger partial charge on any atom is -0.381 e. The number of piperidine rings is 1. The average Bonchev–Trinajstić information content (AvgIpc) is 2.98. The van der Waals surface area contributed by atoms with Crippen LogP contribution in [0.5, 0.6) is 0 Å². The Morgan fingerprint density at radius 2 is 2.00 bits per heavy atom. The predicted molar refractivity (Wildman–Crippen MR) is 66.9 cm³/mol. The van der Waals surface area contributed by atoms with Crippen molar-refractivity contribution in [2.75, 3.05) is 26.3 Å². The lowest BCUT2D eigenvalue weighted by molar-refractivity contribution is -0.200. The molecule has 0 radical (unpaired) electrons. The number of nitrogens with zero attached hydrogens (tertiary/aromatic N) is 2. The Kier molecular flexibility index (Phi) is 3.92. The van der Waals surface area contributed by atoms with Gasteiger partial charge in [0.05, 0.1) is 12.5 Å². The molecule has 1 aromatic heterocycles. The zero-order valence-electron chi connectivity index (χ0n) is 11.6. The first-order valence-electron chi connectivity index (χ1n) is 7.22. The molecule has 118 valence electrons. The van der Waals surface area contributed by atoms with Crippen LogP contribution in [0.3, 0.4) is 0 Å². The number of rotatable bonds is 2. The van der Waals surface area contributed by atoms with E-state index < -0.39 is 11.6 Å².